The van der Waals surface area contributed by atoms with E-state index in [9.17, 15) is 0 Å². The number of aromatic nitrogens is 4. The van der Waals surface area contributed by atoms with Gasteiger partial charge in [0.25, 0.3) is 5.78 Å². The Hall–Kier alpha value is -2.83. The Morgan fingerprint density at radius 1 is 1.17 bits per heavy atom. The molecule has 0 saturated carbocycles. The minimum absolute atomic E-state index is 0.286. The first-order valence-electron chi connectivity index (χ1n) is 8.13. The average molecular weight is 323 g/mol. The van der Waals surface area contributed by atoms with Crippen LogP contribution in [0.3, 0.4) is 0 Å². The van der Waals surface area contributed by atoms with Gasteiger partial charge in [0.05, 0.1) is 6.04 Å². The van der Waals surface area contributed by atoms with E-state index in [0.717, 1.165) is 42.4 Å². The number of fused-ring (bicyclic) bond motifs is 2. The highest BCUT2D eigenvalue weighted by Crippen LogP contribution is 2.40. The number of benzene rings is 1. The molecule has 1 fully saturated rings. The van der Waals surface area contributed by atoms with Crippen molar-refractivity contribution >= 4 is 11.6 Å². The summed E-state index contributed by atoms with van der Waals surface area (Å²) in [6.45, 7) is 3.28. The highest BCUT2D eigenvalue weighted by Gasteiger charge is 2.29. The summed E-state index contributed by atoms with van der Waals surface area (Å²) in [6, 6.07) is 8.58. The van der Waals surface area contributed by atoms with Crippen molar-refractivity contribution in [2.45, 2.75) is 25.8 Å². The molecule has 2 aliphatic rings. The van der Waals surface area contributed by atoms with E-state index >= 15 is 0 Å². The first-order valence-corrected chi connectivity index (χ1v) is 8.13. The first kappa shape index (κ1) is 13.6. The Morgan fingerprint density at radius 2 is 2.08 bits per heavy atom. The molecule has 0 radical (unpaired) electrons. The predicted molar refractivity (Wildman–Crippen MR) is 87.4 cm³/mol. The summed E-state index contributed by atoms with van der Waals surface area (Å²) in [5.74, 6) is 3.33. The van der Waals surface area contributed by atoms with Crippen molar-refractivity contribution in [2.24, 2.45) is 0 Å². The molecule has 1 aromatic carbocycles. The lowest BCUT2D eigenvalue weighted by Gasteiger charge is -2.27. The number of hydrogen-bond acceptors (Lipinski definition) is 6. The van der Waals surface area contributed by atoms with Gasteiger partial charge in [0.1, 0.15) is 12.1 Å². The Kier molecular flexibility index (Phi) is 2.88. The fraction of sp³-hybridized carbons (Fsp3) is 0.353. The number of nitrogens with zero attached hydrogens (tertiary/aromatic N) is 5. The van der Waals surface area contributed by atoms with Crippen LogP contribution in [0.4, 0.5) is 5.82 Å². The van der Waals surface area contributed by atoms with Gasteiger partial charge in [-0.05, 0) is 37.5 Å². The Balaban J connectivity index is 1.58. The monoisotopic (exact) mass is 323 g/mol. The molecule has 7 nitrogen and oxygen atoms in total. The van der Waals surface area contributed by atoms with Crippen molar-refractivity contribution in [2.75, 3.05) is 18.2 Å². The number of rotatable bonds is 2. The van der Waals surface area contributed by atoms with Gasteiger partial charge in [-0.15, -0.1) is 0 Å². The Bertz CT molecular complexity index is 922. The molecule has 4 heterocycles. The zero-order valence-corrected chi connectivity index (χ0v) is 13.3. The molecule has 2 aromatic heterocycles. The molecule has 1 saturated heterocycles. The van der Waals surface area contributed by atoms with E-state index in [0.29, 0.717) is 12.6 Å². The summed E-state index contributed by atoms with van der Waals surface area (Å²) in [5, 5.41) is 4.35. The van der Waals surface area contributed by atoms with E-state index in [1.807, 2.05) is 17.5 Å². The Labute approximate surface area is 138 Å². The van der Waals surface area contributed by atoms with Crippen molar-refractivity contribution in [3.63, 3.8) is 0 Å². The maximum Gasteiger partial charge on any atom is 0.254 e. The van der Waals surface area contributed by atoms with Gasteiger partial charge >= 0.3 is 0 Å². The number of aryl methyl sites for hydroxylation is 1. The van der Waals surface area contributed by atoms with Gasteiger partial charge in [0, 0.05) is 18.3 Å². The molecule has 7 heteroatoms. The maximum absolute atomic E-state index is 5.54. The minimum Gasteiger partial charge on any atom is -0.454 e. The lowest BCUT2D eigenvalue weighted by atomic mass is 10.0. The maximum atomic E-state index is 5.54. The third kappa shape index (κ3) is 2.01. The van der Waals surface area contributed by atoms with E-state index < -0.39 is 0 Å². The fourth-order valence-electron chi connectivity index (χ4n) is 3.62. The smallest absolute Gasteiger partial charge is 0.254 e. The zero-order chi connectivity index (χ0) is 16.1. The van der Waals surface area contributed by atoms with Gasteiger partial charge in [-0.1, -0.05) is 6.07 Å². The molecule has 0 amide bonds. The van der Waals surface area contributed by atoms with Gasteiger partial charge < -0.3 is 14.4 Å². The van der Waals surface area contributed by atoms with Crippen molar-refractivity contribution in [3.8, 4) is 11.5 Å². The summed E-state index contributed by atoms with van der Waals surface area (Å²) in [7, 11) is 0. The largest absolute Gasteiger partial charge is 0.454 e. The van der Waals surface area contributed by atoms with E-state index in [1.54, 1.807) is 6.33 Å². The molecular weight excluding hydrogens is 306 g/mol. The molecule has 3 aromatic rings. The molecule has 122 valence electrons. The standard InChI is InChI=1S/C17H17N5O2/c1-11-7-16(22-17(20-11)18-9-19-22)21-6-2-3-13(21)12-4-5-14-15(8-12)24-10-23-14/h4-5,7-9,13H,2-3,6,10H2,1H3/t13-/m0/s1. The summed E-state index contributed by atoms with van der Waals surface area (Å²) in [6.07, 6.45) is 3.78. The second-order valence-electron chi connectivity index (χ2n) is 6.19. The number of anilines is 1. The highest BCUT2D eigenvalue weighted by molar-refractivity contribution is 5.52. The molecule has 5 rings (SSSR count). The second kappa shape index (κ2) is 5.09. The van der Waals surface area contributed by atoms with Crippen LogP contribution in [0, 0.1) is 6.92 Å². The topological polar surface area (TPSA) is 64.8 Å². The van der Waals surface area contributed by atoms with Crippen LogP contribution >= 0.6 is 0 Å². The van der Waals surface area contributed by atoms with Crippen molar-refractivity contribution < 1.29 is 9.47 Å². The summed E-state index contributed by atoms with van der Waals surface area (Å²) < 4.78 is 12.8. The molecule has 0 spiro atoms. The number of hydrogen-bond donors (Lipinski definition) is 0. The fourth-order valence-corrected chi connectivity index (χ4v) is 3.62. The predicted octanol–water partition coefficient (Wildman–Crippen LogP) is 2.50. The molecule has 1 atom stereocenters. The van der Waals surface area contributed by atoms with Crippen LogP contribution in [0.2, 0.25) is 0 Å². The van der Waals surface area contributed by atoms with Crippen molar-refractivity contribution in [3.05, 3.63) is 41.9 Å². The molecule has 0 bridgehead atoms. The normalized spacial score (nSPS) is 19.4. The van der Waals surface area contributed by atoms with Crippen LogP contribution in [-0.2, 0) is 0 Å². The zero-order valence-electron chi connectivity index (χ0n) is 13.3. The first-order chi connectivity index (χ1) is 11.8. The lowest BCUT2D eigenvalue weighted by molar-refractivity contribution is 0.174. The van der Waals surface area contributed by atoms with Crippen molar-refractivity contribution in [1.82, 2.24) is 19.6 Å². The average Bonchev–Trinajstić information content (AvgIpc) is 3.32. The SMILES string of the molecule is Cc1cc(N2CCC[C@H]2c2ccc3c(c2)OCO3)n2ncnc2n1. The second-order valence-corrected chi connectivity index (χ2v) is 6.19. The van der Waals surface area contributed by atoms with E-state index in [4.69, 9.17) is 9.47 Å². The van der Waals surface area contributed by atoms with Crippen LogP contribution < -0.4 is 14.4 Å². The van der Waals surface area contributed by atoms with Crippen LogP contribution in [0.15, 0.2) is 30.6 Å². The van der Waals surface area contributed by atoms with Gasteiger partial charge in [-0.25, -0.2) is 4.98 Å². The summed E-state index contributed by atoms with van der Waals surface area (Å²) in [5.41, 5.74) is 2.18. The van der Waals surface area contributed by atoms with Crippen LogP contribution in [0.1, 0.15) is 30.1 Å². The van der Waals surface area contributed by atoms with E-state index in [-0.39, 0.29) is 6.04 Å². The van der Waals surface area contributed by atoms with Crippen LogP contribution in [0.5, 0.6) is 11.5 Å². The third-order valence-electron chi connectivity index (χ3n) is 4.69. The third-order valence-corrected chi connectivity index (χ3v) is 4.69. The summed E-state index contributed by atoms with van der Waals surface area (Å²) in [4.78, 5) is 11.1. The van der Waals surface area contributed by atoms with Gasteiger partial charge in [-0.3, -0.25) is 0 Å². The van der Waals surface area contributed by atoms with Gasteiger partial charge in [0.2, 0.25) is 6.79 Å². The summed E-state index contributed by atoms with van der Waals surface area (Å²) >= 11 is 0. The molecular formula is C17H17N5O2. The highest BCUT2D eigenvalue weighted by atomic mass is 16.7. The lowest BCUT2D eigenvalue weighted by Crippen LogP contribution is -2.25. The molecule has 24 heavy (non-hydrogen) atoms. The number of ether oxygens (including phenoxy) is 2. The van der Waals surface area contributed by atoms with E-state index in [2.05, 4.69) is 38.2 Å². The van der Waals surface area contributed by atoms with Gasteiger partial charge in [0.15, 0.2) is 11.5 Å². The van der Waals surface area contributed by atoms with Gasteiger partial charge in [-0.2, -0.15) is 14.6 Å². The van der Waals surface area contributed by atoms with E-state index in [1.165, 1.54) is 5.56 Å². The molecule has 0 unspecified atom stereocenters. The molecule has 2 aliphatic heterocycles. The molecule has 0 aliphatic carbocycles. The van der Waals surface area contributed by atoms with Crippen LogP contribution in [-0.4, -0.2) is 32.9 Å². The molecule has 0 N–H and O–H groups in total. The van der Waals surface area contributed by atoms with Crippen LogP contribution in [0.25, 0.3) is 5.78 Å². The minimum atomic E-state index is 0.286. The quantitative estimate of drug-likeness (QED) is 0.722. The Morgan fingerprint density at radius 3 is 3.04 bits per heavy atom. The van der Waals surface area contributed by atoms with Crippen molar-refractivity contribution in [1.29, 1.82) is 0 Å².